The molecule has 5 rings (SSSR count). The SMILES string of the molecule is C=CCOC(=O)NCc1cccc(-c2cccc(C3OC(CN(C)CCc4ccccn4)C(C)C(c4ccc(CO)cc4)O3)c2)c1. The highest BCUT2D eigenvalue weighted by Crippen LogP contribution is 2.42. The molecule has 0 spiro atoms. The summed E-state index contributed by atoms with van der Waals surface area (Å²) in [5.74, 6) is 0.0825. The van der Waals surface area contributed by atoms with Crippen molar-refractivity contribution in [1.82, 2.24) is 15.2 Å². The second kappa shape index (κ2) is 16.3. The van der Waals surface area contributed by atoms with Crippen molar-refractivity contribution in [1.29, 1.82) is 0 Å². The van der Waals surface area contributed by atoms with Gasteiger partial charge in [0.15, 0.2) is 6.29 Å². The second-order valence-electron chi connectivity index (χ2n) is 11.7. The second-order valence-corrected chi connectivity index (χ2v) is 11.7. The first-order valence-corrected chi connectivity index (χ1v) is 15.7. The lowest BCUT2D eigenvalue weighted by Gasteiger charge is -2.42. The Morgan fingerprint density at radius 1 is 0.978 bits per heavy atom. The van der Waals surface area contributed by atoms with Gasteiger partial charge in [0.05, 0.1) is 18.8 Å². The van der Waals surface area contributed by atoms with E-state index in [2.05, 4.69) is 60.0 Å². The minimum atomic E-state index is -0.572. The van der Waals surface area contributed by atoms with Crippen molar-refractivity contribution in [3.8, 4) is 11.1 Å². The van der Waals surface area contributed by atoms with Gasteiger partial charge in [0.25, 0.3) is 0 Å². The third kappa shape index (κ3) is 8.89. The first-order chi connectivity index (χ1) is 22.4. The first kappa shape index (κ1) is 33.0. The van der Waals surface area contributed by atoms with E-state index < -0.39 is 12.4 Å². The van der Waals surface area contributed by atoms with Gasteiger partial charge in [-0.3, -0.25) is 4.98 Å². The summed E-state index contributed by atoms with van der Waals surface area (Å²) in [7, 11) is 2.12. The van der Waals surface area contributed by atoms with E-state index in [9.17, 15) is 9.90 Å². The van der Waals surface area contributed by atoms with Crippen LogP contribution in [0.4, 0.5) is 4.79 Å². The fourth-order valence-corrected chi connectivity index (χ4v) is 5.66. The molecule has 2 N–H and O–H groups in total. The number of likely N-dealkylation sites (N-methyl/N-ethyl adjacent to an activating group) is 1. The fraction of sp³-hybridized carbons (Fsp3) is 0.316. The number of nitrogens with one attached hydrogen (secondary N) is 1. The topological polar surface area (TPSA) is 93.2 Å². The van der Waals surface area contributed by atoms with E-state index in [-0.39, 0.29) is 31.3 Å². The number of carbonyl (C=O) groups excluding carboxylic acids is 1. The van der Waals surface area contributed by atoms with Crippen LogP contribution in [0.25, 0.3) is 11.1 Å². The molecule has 1 aromatic heterocycles. The lowest BCUT2D eigenvalue weighted by Crippen LogP contribution is -2.43. The molecule has 4 aromatic rings. The van der Waals surface area contributed by atoms with Gasteiger partial charge in [-0.15, -0.1) is 0 Å². The van der Waals surface area contributed by atoms with Crippen LogP contribution in [0.15, 0.2) is 110 Å². The Kier molecular flexibility index (Phi) is 11.7. The Morgan fingerprint density at radius 3 is 2.50 bits per heavy atom. The summed E-state index contributed by atoms with van der Waals surface area (Å²) in [5.41, 5.74) is 6.92. The lowest BCUT2D eigenvalue weighted by molar-refractivity contribution is -0.275. The van der Waals surface area contributed by atoms with Gasteiger partial charge in [-0.05, 0) is 59.1 Å². The number of benzene rings is 3. The van der Waals surface area contributed by atoms with Crippen LogP contribution in [0.5, 0.6) is 0 Å². The van der Waals surface area contributed by atoms with Crippen LogP contribution in [0.3, 0.4) is 0 Å². The molecule has 1 aliphatic heterocycles. The van der Waals surface area contributed by atoms with Gasteiger partial charge >= 0.3 is 6.09 Å². The number of amides is 1. The molecule has 1 saturated heterocycles. The molecule has 1 amide bonds. The van der Waals surface area contributed by atoms with Crippen LogP contribution in [-0.2, 0) is 33.8 Å². The van der Waals surface area contributed by atoms with Crippen molar-refractivity contribution >= 4 is 6.09 Å². The lowest BCUT2D eigenvalue weighted by atomic mass is 9.90. The number of rotatable bonds is 13. The van der Waals surface area contributed by atoms with Gasteiger partial charge in [0.1, 0.15) is 6.61 Å². The maximum Gasteiger partial charge on any atom is 0.407 e. The van der Waals surface area contributed by atoms with E-state index in [1.54, 1.807) is 0 Å². The molecule has 4 atom stereocenters. The Balaban J connectivity index is 1.34. The number of aliphatic hydroxyl groups excluding tert-OH is 1. The van der Waals surface area contributed by atoms with E-state index >= 15 is 0 Å². The Hall–Kier alpha value is -4.34. The highest BCUT2D eigenvalue weighted by molar-refractivity contribution is 5.68. The molecule has 4 unspecified atom stereocenters. The largest absolute Gasteiger partial charge is 0.445 e. The van der Waals surface area contributed by atoms with Crippen LogP contribution < -0.4 is 5.32 Å². The first-order valence-electron chi connectivity index (χ1n) is 15.7. The van der Waals surface area contributed by atoms with E-state index in [0.717, 1.165) is 58.6 Å². The molecule has 0 bridgehead atoms. The Bertz CT molecular complexity index is 1560. The maximum absolute atomic E-state index is 11.9. The number of hydrogen-bond acceptors (Lipinski definition) is 7. The molecular weight excluding hydrogens is 578 g/mol. The summed E-state index contributed by atoms with van der Waals surface area (Å²) in [5, 5.41) is 12.4. The molecule has 8 nitrogen and oxygen atoms in total. The smallest absolute Gasteiger partial charge is 0.407 e. The quantitative estimate of drug-likeness (QED) is 0.162. The zero-order valence-corrected chi connectivity index (χ0v) is 26.5. The van der Waals surface area contributed by atoms with Crippen molar-refractivity contribution in [3.05, 3.63) is 138 Å². The van der Waals surface area contributed by atoms with Gasteiger partial charge in [0, 0.05) is 49.4 Å². The number of carbonyl (C=O) groups is 1. The summed E-state index contributed by atoms with van der Waals surface area (Å²) < 4.78 is 18.5. The number of nitrogens with zero attached hydrogens (tertiary/aromatic N) is 2. The third-order valence-electron chi connectivity index (χ3n) is 8.28. The van der Waals surface area contributed by atoms with Crippen LogP contribution in [0.1, 0.15) is 47.3 Å². The molecule has 0 saturated carbocycles. The van der Waals surface area contributed by atoms with E-state index in [0.29, 0.717) is 6.54 Å². The van der Waals surface area contributed by atoms with Crippen molar-refractivity contribution in [2.24, 2.45) is 5.92 Å². The van der Waals surface area contributed by atoms with Gasteiger partial charge in [-0.1, -0.05) is 86.3 Å². The molecule has 240 valence electrons. The summed E-state index contributed by atoms with van der Waals surface area (Å²) in [6.45, 7) is 7.86. The van der Waals surface area contributed by atoms with Crippen molar-refractivity contribution < 1.29 is 24.1 Å². The minimum Gasteiger partial charge on any atom is -0.445 e. The Labute approximate surface area is 271 Å². The van der Waals surface area contributed by atoms with Crippen LogP contribution >= 0.6 is 0 Å². The van der Waals surface area contributed by atoms with Crippen molar-refractivity contribution in [2.75, 3.05) is 26.7 Å². The molecule has 2 heterocycles. The fourth-order valence-electron chi connectivity index (χ4n) is 5.66. The number of aromatic nitrogens is 1. The molecule has 1 aliphatic rings. The molecule has 0 radical (unpaired) electrons. The zero-order chi connectivity index (χ0) is 32.3. The van der Waals surface area contributed by atoms with Crippen molar-refractivity contribution in [2.45, 2.75) is 45.0 Å². The standard InChI is InChI=1S/C38H43N3O5/c1-4-21-44-38(43)40-24-29-9-7-10-31(22-29)32-11-8-12-33(23-32)37-45-35(25-41(3)20-18-34-13-5-6-19-39-34)27(2)36(46-37)30-16-14-28(26-42)15-17-30/h4-17,19,22-23,27,35-37,42H,1,18,20-21,24-26H2,2-3H3,(H,40,43). The van der Waals surface area contributed by atoms with Gasteiger partial charge < -0.3 is 29.5 Å². The summed E-state index contributed by atoms with van der Waals surface area (Å²) in [6, 6.07) is 30.3. The average Bonchev–Trinajstić information content (AvgIpc) is 3.10. The number of pyridine rings is 1. The monoisotopic (exact) mass is 621 g/mol. The van der Waals surface area contributed by atoms with E-state index in [1.807, 2.05) is 72.9 Å². The molecular formula is C38H43N3O5. The summed E-state index contributed by atoms with van der Waals surface area (Å²) in [4.78, 5) is 18.7. The average molecular weight is 622 g/mol. The van der Waals surface area contributed by atoms with Gasteiger partial charge in [-0.2, -0.15) is 0 Å². The predicted molar refractivity (Wildman–Crippen MR) is 179 cm³/mol. The number of alkyl carbamates (subject to hydrolysis) is 1. The molecule has 3 aromatic carbocycles. The van der Waals surface area contributed by atoms with Crippen LogP contribution in [0.2, 0.25) is 0 Å². The maximum atomic E-state index is 11.9. The number of ether oxygens (including phenoxy) is 3. The molecule has 1 fully saturated rings. The van der Waals surface area contributed by atoms with Crippen LogP contribution in [0, 0.1) is 5.92 Å². The molecule has 46 heavy (non-hydrogen) atoms. The number of aliphatic hydroxyl groups is 1. The minimum absolute atomic E-state index is 0.000235. The normalized spacial score (nSPS) is 19.5. The summed E-state index contributed by atoms with van der Waals surface area (Å²) in [6.07, 6.45) is 2.89. The van der Waals surface area contributed by atoms with Crippen molar-refractivity contribution in [3.63, 3.8) is 0 Å². The molecule has 8 heteroatoms. The van der Waals surface area contributed by atoms with Gasteiger partial charge in [-0.25, -0.2) is 4.79 Å². The number of hydrogen-bond donors (Lipinski definition) is 2. The highest BCUT2D eigenvalue weighted by Gasteiger charge is 2.38. The van der Waals surface area contributed by atoms with Crippen LogP contribution in [-0.4, -0.2) is 53.9 Å². The summed E-state index contributed by atoms with van der Waals surface area (Å²) >= 11 is 0. The predicted octanol–water partition coefficient (Wildman–Crippen LogP) is 6.62. The van der Waals surface area contributed by atoms with E-state index in [1.165, 1.54) is 6.08 Å². The highest BCUT2D eigenvalue weighted by atomic mass is 16.7. The van der Waals surface area contributed by atoms with E-state index in [4.69, 9.17) is 14.2 Å². The third-order valence-corrected chi connectivity index (χ3v) is 8.28. The molecule has 0 aliphatic carbocycles. The van der Waals surface area contributed by atoms with Gasteiger partial charge in [0.2, 0.25) is 0 Å². The Morgan fingerprint density at radius 2 is 1.76 bits per heavy atom. The zero-order valence-electron chi connectivity index (χ0n) is 26.5.